The third-order valence-corrected chi connectivity index (χ3v) is 9.31. The normalized spacial score (nSPS) is 11.7. The van der Waals surface area contributed by atoms with Crippen molar-refractivity contribution in [3.05, 3.63) is 0 Å². The van der Waals surface area contributed by atoms with Crippen LogP contribution in [0.15, 0.2) is 0 Å². The molecule has 0 unspecified atom stereocenters. The topological polar surface area (TPSA) is 17.1 Å². The molecule has 0 aliphatic heterocycles. The van der Waals surface area contributed by atoms with Gasteiger partial charge in [-0.25, -0.2) is 0 Å². The second-order valence-electron chi connectivity index (χ2n) is 5.49. The number of carbonyl (C=O) groups excluding carboxylic acids is 1. The molecule has 0 aromatic carbocycles. The molecule has 0 fully saturated rings. The summed E-state index contributed by atoms with van der Waals surface area (Å²) in [6, 6.07) is -1.65. The second-order valence-corrected chi connectivity index (χ2v) is 11.1. The minimum atomic E-state index is -1.65. The Balaban J connectivity index is 3.49. The van der Waals surface area contributed by atoms with E-state index in [9.17, 15) is 4.79 Å². The summed E-state index contributed by atoms with van der Waals surface area (Å²) >= 11 is 5.55. The van der Waals surface area contributed by atoms with E-state index in [2.05, 4.69) is 20.8 Å². The summed E-state index contributed by atoms with van der Waals surface area (Å²) in [6.45, 7) is 6.42. The van der Waals surface area contributed by atoms with E-state index < -0.39 is 6.04 Å². The smallest absolute Gasteiger partial charge is 0.164 e. The Bertz CT molecular complexity index is 268. The highest BCUT2D eigenvalue weighted by Gasteiger charge is 2.20. The van der Waals surface area contributed by atoms with Crippen LogP contribution < -0.4 is 0 Å². The fourth-order valence-electron chi connectivity index (χ4n) is 2.37. The maximum Gasteiger partial charge on any atom is 0.164 e. The minimum absolute atomic E-state index is 0.412. The summed E-state index contributed by atoms with van der Waals surface area (Å²) in [6.07, 6.45) is 14.3. The van der Waals surface area contributed by atoms with Crippen LogP contribution in [-0.2, 0) is 16.6 Å². The molecule has 0 saturated heterocycles. The fourth-order valence-corrected chi connectivity index (χ4v) is 4.36. The van der Waals surface area contributed by atoms with Crippen molar-refractivity contribution in [1.29, 1.82) is 0 Å². The van der Waals surface area contributed by atoms with Gasteiger partial charge in [-0.2, -0.15) is 0 Å². The van der Waals surface area contributed by atoms with Crippen molar-refractivity contribution >= 4 is 23.4 Å². The van der Waals surface area contributed by atoms with Gasteiger partial charge in [0.2, 0.25) is 0 Å². The van der Waals surface area contributed by atoms with Crippen LogP contribution in [0.4, 0.5) is 0 Å². The molecule has 0 heterocycles. The van der Waals surface area contributed by atoms with Crippen molar-refractivity contribution in [2.75, 3.05) is 12.3 Å². The molecule has 0 atom stereocenters. The molecule has 0 saturated carbocycles. The molecule has 0 bridgehead atoms. The van der Waals surface area contributed by atoms with E-state index in [1.807, 2.05) is 0 Å². The summed E-state index contributed by atoms with van der Waals surface area (Å²) < 4.78 is 0. The highest BCUT2D eigenvalue weighted by atomic mass is 32.4. The van der Waals surface area contributed by atoms with E-state index in [1.54, 1.807) is 0 Å². The van der Waals surface area contributed by atoms with Gasteiger partial charge in [0.05, 0.1) is 0 Å². The summed E-state index contributed by atoms with van der Waals surface area (Å²) in [5.41, 5.74) is 0.412. The largest absolute Gasteiger partial charge is 0.294 e. The molecule has 0 aliphatic rings. The third-order valence-electron chi connectivity index (χ3n) is 3.97. The molecule has 0 amide bonds. The molecule has 3 heteroatoms. The molecule has 0 rings (SSSR count). The SMILES string of the molecule is CCCCCCCCCCCC(=O)P(=S)(CC)CC. The predicted octanol–water partition coefficient (Wildman–Crippen LogP) is 5.95. The third kappa shape index (κ3) is 8.97. The van der Waals surface area contributed by atoms with Gasteiger partial charge < -0.3 is 0 Å². The van der Waals surface area contributed by atoms with Gasteiger partial charge in [0.1, 0.15) is 0 Å². The first-order valence-corrected chi connectivity index (χ1v) is 11.4. The van der Waals surface area contributed by atoms with Gasteiger partial charge in [-0.15, -0.1) is 0 Å². The average Bonchev–Trinajstić information content (AvgIpc) is 2.44. The van der Waals surface area contributed by atoms with Crippen LogP contribution in [0.25, 0.3) is 0 Å². The molecule has 0 radical (unpaired) electrons. The lowest BCUT2D eigenvalue weighted by molar-refractivity contribution is -0.111. The molecule has 0 aromatic rings. The number of unbranched alkanes of at least 4 members (excludes halogenated alkanes) is 8. The van der Waals surface area contributed by atoms with Crippen molar-refractivity contribution in [2.45, 2.75) is 85.0 Å². The van der Waals surface area contributed by atoms with Crippen LogP contribution in [0.5, 0.6) is 0 Å². The number of carbonyl (C=O) groups is 1. The fraction of sp³-hybridized carbons (Fsp3) is 0.938. The van der Waals surface area contributed by atoms with Crippen molar-refractivity contribution in [1.82, 2.24) is 0 Å². The molecular weight excluding hydrogens is 271 g/mol. The van der Waals surface area contributed by atoms with Gasteiger partial charge in [0.25, 0.3) is 0 Å². The van der Waals surface area contributed by atoms with E-state index in [0.717, 1.165) is 25.2 Å². The zero-order valence-corrected chi connectivity index (χ0v) is 15.0. The molecule has 0 N–H and O–H groups in total. The van der Waals surface area contributed by atoms with Gasteiger partial charge >= 0.3 is 0 Å². The Labute approximate surface area is 125 Å². The summed E-state index contributed by atoms with van der Waals surface area (Å²) in [5, 5.41) is 0. The quantitative estimate of drug-likeness (QED) is 0.309. The van der Waals surface area contributed by atoms with E-state index in [1.165, 1.54) is 51.4 Å². The average molecular weight is 304 g/mol. The molecule has 114 valence electrons. The van der Waals surface area contributed by atoms with Gasteiger partial charge in [0, 0.05) is 12.5 Å². The van der Waals surface area contributed by atoms with Gasteiger partial charge in [-0.3, -0.25) is 4.79 Å². The first-order chi connectivity index (χ1) is 9.10. The van der Waals surface area contributed by atoms with Gasteiger partial charge in [0.15, 0.2) is 5.52 Å². The summed E-state index contributed by atoms with van der Waals surface area (Å²) in [4.78, 5) is 12.1. The molecule has 19 heavy (non-hydrogen) atoms. The Kier molecular flexibility index (Phi) is 12.3. The highest BCUT2D eigenvalue weighted by Crippen LogP contribution is 2.47. The minimum Gasteiger partial charge on any atom is -0.294 e. The lowest BCUT2D eigenvalue weighted by Gasteiger charge is -2.16. The Morgan fingerprint density at radius 3 is 1.63 bits per heavy atom. The molecule has 0 spiro atoms. The van der Waals surface area contributed by atoms with Crippen molar-refractivity contribution in [3.63, 3.8) is 0 Å². The zero-order chi connectivity index (χ0) is 14.6. The van der Waals surface area contributed by atoms with Crippen molar-refractivity contribution in [2.24, 2.45) is 0 Å². The monoisotopic (exact) mass is 304 g/mol. The number of hydrogen-bond acceptors (Lipinski definition) is 2. The second kappa shape index (κ2) is 12.1. The van der Waals surface area contributed by atoms with Gasteiger partial charge in [-0.05, 0) is 18.7 Å². The van der Waals surface area contributed by atoms with Crippen LogP contribution in [0, 0.1) is 0 Å². The standard InChI is InChI=1S/C16H33OPS/c1-4-7-8-9-10-11-12-13-14-15-16(17)18(19,5-2)6-3/h4-15H2,1-3H3. The number of hydrogen-bond donors (Lipinski definition) is 0. The van der Waals surface area contributed by atoms with E-state index >= 15 is 0 Å². The lowest BCUT2D eigenvalue weighted by atomic mass is 10.1. The molecule has 0 aliphatic carbocycles. The Morgan fingerprint density at radius 2 is 1.21 bits per heavy atom. The summed E-state index contributed by atoms with van der Waals surface area (Å²) in [7, 11) is 0. The first-order valence-electron chi connectivity index (χ1n) is 8.22. The van der Waals surface area contributed by atoms with Crippen LogP contribution in [0.1, 0.15) is 85.0 Å². The number of rotatable bonds is 13. The predicted molar refractivity (Wildman–Crippen MR) is 92.2 cm³/mol. The van der Waals surface area contributed by atoms with Crippen LogP contribution in [0.2, 0.25) is 0 Å². The maximum absolute atomic E-state index is 12.1. The van der Waals surface area contributed by atoms with Crippen LogP contribution in [0.3, 0.4) is 0 Å². The zero-order valence-electron chi connectivity index (χ0n) is 13.2. The van der Waals surface area contributed by atoms with Crippen LogP contribution >= 0.6 is 6.04 Å². The first kappa shape index (κ1) is 19.3. The Hall–Kier alpha value is 0.320. The van der Waals surface area contributed by atoms with E-state index in [4.69, 9.17) is 11.8 Å². The Morgan fingerprint density at radius 1 is 0.789 bits per heavy atom. The van der Waals surface area contributed by atoms with E-state index in [0.29, 0.717) is 5.52 Å². The molecule has 0 aromatic heterocycles. The summed E-state index contributed by atoms with van der Waals surface area (Å²) in [5.74, 6) is 0. The molecular formula is C16H33OPS. The van der Waals surface area contributed by atoms with Gasteiger partial charge in [-0.1, -0.05) is 83.9 Å². The van der Waals surface area contributed by atoms with Crippen LogP contribution in [-0.4, -0.2) is 17.8 Å². The van der Waals surface area contributed by atoms with E-state index in [-0.39, 0.29) is 0 Å². The van der Waals surface area contributed by atoms with Crippen molar-refractivity contribution in [3.8, 4) is 0 Å². The lowest BCUT2D eigenvalue weighted by Crippen LogP contribution is -2.03. The van der Waals surface area contributed by atoms with Crippen molar-refractivity contribution < 1.29 is 4.79 Å². The molecule has 1 nitrogen and oxygen atoms in total. The maximum atomic E-state index is 12.1. The highest BCUT2D eigenvalue weighted by molar-refractivity contribution is 8.22.